The van der Waals surface area contributed by atoms with E-state index in [-0.39, 0.29) is 10.7 Å². The second-order valence-electron chi connectivity index (χ2n) is 3.61. The fourth-order valence-corrected chi connectivity index (χ4v) is 1.67. The van der Waals surface area contributed by atoms with Crippen molar-refractivity contribution in [3.8, 4) is 0 Å². The molecule has 0 bridgehead atoms. The average Bonchev–Trinajstić information content (AvgIpc) is 2.41. The summed E-state index contributed by atoms with van der Waals surface area (Å²) in [6.45, 7) is 0. The van der Waals surface area contributed by atoms with E-state index in [0.29, 0.717) is 23.4 Å². The lowest BCUT2D eigenvalue weighted by atomic mass is 10.2. The van der Waals surface area contributed by atoms with Crippen LogP contribution in [-0.2, 0) is 0 Å². The van der Waals surface area contributed by atoms with Crippen LogP contribution in [0.5, 0.6) is 0 Å². The predicted molar refractivity (Wildman–Crippen MR) is 71.0 cm³/mol. The summed E-state index contributed by atoms with van der Waals surface area (Å²) < 4.78 is 0. The van der Waals surface area contributed by atoms with Gasteiger partial charge in [0.15, 0.2) is 6.29 Å². The highest BCUT2D eigenvalue weighted by Gasteiger charge is 2.13. The fraction of sp³-hybridized carbons (Fsp3) is 0. The molecule has 1 aromatic carbocycles. The molecule has 0 atom stereocenters. The standard InChI is InChI=1S/C12H8ClN3O3/c13-10-4-3-9(6-11(10)16(18)19)15-12-8(7-17)2-1-5-14-12/h1-7H,(H,14,15). The molecule has 96 valence electrons. The summed E-state index contributed by atoms with van der Waals surface area (Å²) in [6, 6.07) is 7.47. The van der Waals surface area contributed by atoms with Gasteiger partial charge in [0.2, 0.25) is 0 Å². The van der Waals surface area contributed by atoms with Crippen LogP contribution in [-0.4, -0.2) is 16.2 Å². The van der Waals surface area contributed by atoms with Gasteiger partial charge in [0.1, 0.15) is 10.8 Å². The topological polar surface area (TPSA) is 85.1 Å². The lowest BCUT2D eigenvalue weighted by molar-refractivity contribution is -0.384. The number of pyridine rings is 1. The van der Waals surface area contributed by atoms with Crippen molar-refractivity contribution in [2.24, 2.45) is 0 Å². The van der Waals surface area contributed by atoms with E-state index in [0.717, 1.165) is 0 Å². The van der Waals surface area contributed by atoms with Gasteiger partial charge in [-0.15, -0.1) is 0 Å². The van der Waals surface area contributed by atoms with Gasteiger partial charge in [-0.25, -0.2) is 4.98 Å². The van der Waals surface area contributed by atoms with Crippen molar-refractivity contribution >= 4 is 35.1 Å². The molecule has 0 amide bonds. The van der Waals surface area contributed by atoms with Crippen LogP contribution in [0.3, 0.4) is 0 Å². The van der Waals surface area contributed by atoms with Gasteiger partial charge in [-0.05, 0) is 24.3 Å². The zero-order valence-corrected chi connectivity index (χ0v) is 10.3. The number of aromatic nitrogens is 1. The Bertz CT molecular complexity index is 646. The number of aldehydes is 1. The van der Waals surface area contributed by atoms with E-state index in [1.807, 2.05) is 0 Å². The third kappa shape index (κ3) is 2.86. The van der Waals surface area contributed by atoms with E-state index in [2.05, 4.69) is 10.3 Å². The Hall–Kier alpha value is -2.47. The molecule has 0 aliphatic heterocycles. The largest absolute Gasteiger partial charge is 0.339 e. The molecule has 1 N–H and O–H groups in total. The van der Waals surface area contributed by atoms with Crippen LogP contribution in [0.2, 0.25) is 5.02 Å². The van der Waals surface area contributed by atoms with Crippen LogP contribution < -0.4 is 5.32 Å². The summed E-state index contributed by atoms with van der Waals surface area (Å²) in [5.74, 6) is 0.328. The van der Waals surface area contributed by atoms with E-state index >= 15 is 0 Å². The molecular formula is C12H8ClN3O3. The van der Waals surface area contributed by atoms with E-state index in [1.54, 1.807) is 18.2 Å². The first-order chi connectivity index (χ1) is 9.11. The molecule has 0 saturated heterocycles. The van der Waals surface area contributed by atoms with Gasteiger partial charge >= 0.3 is 0 Å². The first-order valence-corrected chi connectivity index (χ1v) is 5.61. The first-order valence-electron chi connectivity index (χ1n) is 5.23. The maximum atomic E-state index is 10.8. The summed E-state index contributed by atoms with van der Waals surface area (Å²) in [5.41, 5.74) is 0.577. The van der Waals surface area contributed by atoms with Gasteiger partial charge in [-0.2, -0.15) is 0 Å². The highest BCUT2D eigenvalue weighted by Crippen LogP contribution is 2.28. The number of anilines is 2. The number of nitro benzene ring substituents is 1. The predicted octanol–water partition coefficient (Wildman–Crippen LogP) is 3.20. The monoisotopic (exact) mass is 277 g/mol. The number of nitrogens with one attached hydrogen (secondary N) is 1. The van der Waals surface area contributed by atoms with E-state index in [1.165, 1.54) is 18.3 Å². The molecular weight excluding hydrogens is 270 g/mol. The highest BCUT2D eigenvalue weighted by atomic mass is 35.5. The van der Waals surface area contributed by atoms with Crippen LogP contribution in [0, 0.1) is 10.1 Å². The Morgan fingerprint density at radius 3 is 2.84 bits per heavy atom. The number of nitro groups is 1. The molecule has 1 heterocycles. The second-order valence-corrected chi connectivity index (χ2v) is 4.01. The molecule has 0 aliphatic rings. The number of carbonyl (C=O) groups excluding carboxylic acids is 1. The number of halogens is 1. The van der Waals surface area contributed by atoms with Crippen molar-refractivity contribution in [2.75, 3.05) is 5.32 Å². The maximum absolute atomic E-state index is 10.8. The summed E-state index contributed by atoms with van der Waals surface area (Å²) in [7, 11) is 0. The number of benzene rings is 1. The molecule has 0 aliphatic carbocycles. The van der Waals surface area contributed by atoms with Crippen LogP contribution in [0.25, 0.3) is 0 Å². The Balaban J connectivity index is 2.36. The van der Waals surface area contributed by atoms with Gasteiger partial charge < -0.3 is 5.32 Å². The van der Waals surface area contributed by atoms with Gasteiger partial charge in [0, 0.05) is 18.0 Å². The van der Waals surface area contributed by atoms with Crippen LogP contribution in [0.4, 0.5) is 17.2 Å². The number of carbonyl (C=O) groups is 1. The molecule has 0 fully saturated rings. The highest BCUT2D eigenvalue weighted by molar-refractivity contribution is 6.32. The second kappa shape index (κ2) is 5.45. The summed E-state index contributed by atoms with van der Waals surface area (Å²) in [5, 5.41) is 13.7. The van der Waals surface area contributed by atoms with Crippen LogP contribution in [0.1, 0.15) is 10.4 Å². The Morgan fingerprint density at radius 1 is 1.37 bits per heavy atom. The van der Waals surface area contributed by atoms with Crippen molar-refractivity contribution in [1.29, 1.82) is 0 Å². The Morgan fingerprint density at radius 2 is 2.16 bits per heavy atom. The number of hydrogen-bond donors (Lipinski definition) is 1. The fourth-order valence-electron chi connectivity index (χ4n) is 1.48. The van der Waals surface area contributed by atoms with Crippen molar-refractivity contribution < 1.29 is 9.72 Å². The quantitative estimate of drug-likeness (QED) is 0.527. The zero-order valence-electron chi connectivity index (χ0n) is 9.54. The molecule has 7 heteroatoms. The molecule has 0 saturated carbocycles. The molecule has 1 aromatic heterocycles. The van der Waals surface area contributed by atoms with Gasteiger partial charge in [0.25, 0.3) is 5.69 Å². The van der Waals surface area contributed by atoms with Crippen molar-refractivity contribution in [3.63, 3.8) is 0 Å². The van der Waals surface area contributed by atoms with Crippen LogP contribution in [0.15, 0.2) is 36.5 Å². The van der Waals surface area contributed by atoms with Crippen molar-refractivity contribution in [3.05, 3.63) is 57.2 Å². The maximum Gasteiger partial charge on any atom is 0.289 e. The first kappa shape index (κ1) is 13.0. The van der Waals surface area contributed by atoms with Gasteiger partial charge in [-0.3, -0.25) is 14.9 Å². The minimum Gasteiger partial charge on any atom is -0.339 e. The van der Waals surface area contributed by atoms with Crippen LogP contribution >= 0.6 is 11.6 Å². The van der Waals surface area contributed by atoms with Crippen molar-refractivity contribution in [1.82, 2.24) is 4.98 Å². The summed E-state index contributed by atoms with van der Waals surface area (Å²) in [4.78, 5) is 25.0. The van der Waals surface area contributed by atoms with Gasteiger partial charge in [0.05, 0.1) is 10.5 Å². The number of nitrogens with zero attached hydrogens (tertiary/aromatic N) is 2. The molecule has 0 radical (unpaired) electrons. The molecule has 0 unspecified atom stereocenters. The Labute approximate surface area is 113 Å². The SMILES string of the molecule is O=Cc1cccnc1Nc1ccc(Cl)c([N+](=O)[O-])c1. The summed E-state index contributed by atoms with van der Waals surface area (Å²) >= 11 is 5.71. The lowest BCUT2D eigenvalue weighted by Gasteiger charge is -2.07. The minimum atomic E-state index is -0.577. The molecule has 2 aromatic rings. The number of rotatable bonds is 4. The normalized spacial score (nSPS) is 9.95. The zero-order chi connectivity index (χ0) is 13.8. The smallest absolute Gasteiger partial charge is 0.289 e. The molecule has 6 nitrogen and oxygen atoms in total. The van der Waals surface area contributed by atoms with E-state index in [9.17, 15) is 14.9 Å². The van der Waals surface area contributed by atoms with E-state index < -0.39 is 4.92 Å². The van der Waals surface area contributed by atoms with Crippen molar-refractivity contribution in [2.45, 2.75) is 0 Å². The third-order valence-corrected chi connectivity index (χ3v) is 2.69. The number of hydrogen-bond acceptors (Lipinski definition) is 5. The van der Waals surface area contributed by atoms with E-state index in [4.69, 9.17) is 11.6 Å². The van der Waals surface area contributed by atoms with Gasteiger partial charge in [-0.1, -0.05) is 11.6 Å². The average molecular weight is 278 g/mol. The molecule has 19 heavy (non-hydrogen) atoms. The Kier molecular flexibility index (Phi) is 3.72. The molecule has 2 rings (SSSR count). The third-order valence-electron chi connectivity index (χ3n) is 2.37. The summed E-state index contributed by atoms with van der Waals surface area (Å²) in [6.07, 6.45) is 2.17. The molecule has 0 spiro atoms. The minimum absolute atomic E-state index is 0.0483. The lowest BCUT2D eigenvalue weighted by Crippen LogP contribution is -1.99.